The molecule has 110 valence electrons. The number of rotatable bonds is 5. The molecule has 1 aliphatic rings. The number of benzene rings is 2. The van der Waals surface area contributed by atoms with Crippen LogP contribution < -0.4 is 10.5 Å². The van der Waals surface area contributed by atoms with Crippen LogP contribution in [0.25, 0.3) is 0 Å². The molecule has 1 unspecified atom stereocenters. The number of fused-ring (bicyclic) bond motifs is 1. The summed E-state index contributed by atoms with van der Waals surface area (Å²) in [6.07, 6.45) is 1.74. The first-order valence-electron chi connectivity index (χ1n) is 7.10. The number of ether oxygens (including phenoxy) is 1. The lowest BCUT2D eigenvalue weighted by Gasteiger charge is -2.14. The number of hydrogen-bond acceptors (Lipinski definition) is 3. The van der Waals surface area contributed by atoms with Crippen LogP contribution in [0, 0.1) is 0 Å². The molecule has 2 aromatic rings. The summed E-state index contributed by atoms with van der Waals surface area (Å²) >= 11 is 7.97. The van der Waals surface area contributed by atoms with E-state index < -0.39 is 0 Å². The van der Waals surface area contributed by atoms with Crippen molar-refractivity contribution in [3.63, 3.8) is 0 Å². The third-order valence-corrected chi connectivity index (χ3v) is 4.93. The molecule has 3 rings (SSSR count). The Hall–Kier alpha value is -1.16. The fourth-order valence-corrected chi connectivity index (χ4v) is 3.70. The van der Waals surface area contributed by atoms with Crippen molar-refractivity contribution in [2.45, 2.75) is 23.8 Å². The van der Waals surface area contributed by atoms with E-state index in [9.17, 15) is 0 Å². The number of halogens is 1. The van der Waals surface area contributed by atoms with Crippen LogP contribution >= 0.6 is 23.4 Å². The Kier molecular flexibility index (Phi) is 4.73. The Morgan fingerprint density at radius 3 is 2.86 bits per heavy atom. The molecule has 2 aromatic carbocycles. The van der Waals surface area contributed by atoms with Gasteiger partial charge in [-0.05, 0) is 41.8 Å². The molecule has 2 nitrogen and oxygen atoms in total. The molecule has 1 heterocycles. The number of nitrogens with two attached hydrogens (primary N) is 1. The molecule has 21 heavy (non-hydrogen) atoms. The molecule has 4 heteroatoms. The van der Waals surface area contributed by atoms with E-state index in [1.807, 2.05) is 30.3 Å². The minimum Gasteiger partial charge on any atom is -0.493 e. The number of thioether (sulfide) groups is 1. The Balaban J connectivity index is 1.64. The second-order valence-electron chi connectivity index (χ2n) is 5.24. The quantitative estimate of drug-likeness (QED) is 0.848. The molecular formula is C17H18ClNOS. The fraction of sp³-hybridized carbons (Fsp3) is 0.294. The maximum absolute atomic E-state index is 6.28. The minimum absolute atomic E-state index is 0.0852. The van der Waals surface area contributed by atoms with Crippen LogP contribution in [0.1, 0.15) is 11.1 Å². The van der Waals surface area contributed by atoms with Crippen molar-refractivity contribution in [1.29, 1.82) is 0 Å². The third kappa shape index (κ3) is 3.73. The Morgan fingerprint density at radius 2 is 2.05 bits per heavy atom. The fourth-order valence-electron chi connectivity index (χ4n) is 2.56. The molecular weight excluding hydrogens is 302 g/mol. The zero-order valence-electron chi connectivity index (χ0n) is 11.7. The van der Waals surface area contributed by atoms with Crippen LogP contribution in [-0.4, -0.2) is 18.4 Å². The van der Waals surface area contributed by atoms with Crippen LogP contribution in [-0.2, 0) is 12.8 Å². The van der Waals surface area contributed by atoms with Crippen LogP contribution in [0.2, 0.25) is 5.02 Å². The van der Waals surface area contributed by atoms with E-state index in [2.05, 4.69) is 12.1 Å². The molecule has 2 N–H and O–H groups in total. The lowest BCUT2D eigenvalue weighted by Crippen LogP contribution is -2.25. The molecule has 0 aliphatic carbocycles. The van der Waals surface area contributed by atoms with Gasteiger partial charge in [0, 0.05) is 28.1 Å². The Labute approximate surface area is 134 Å². The second kappa shape index (κ2) is 6.73. The molecule has 0 saturated heterocycles. The van der Waals surface area contributed by atoms with E-state index >= 15 is 0 Å². The van der Waals surface area contributed by atoms with E-state index in [0.29, 0.717) is 0 Å². The first-order valence-corrected chi connectivity index (χ1v) is 8.46. The van der Waals surface area contributed by atoms with E-state index in [4.69, 9.17) is 22.1 Å². The van der Waals surface area contributed by atoms with Gasteiger partial charge in [0.15, 0.2) is 0 Å². The smallest absolute Gasteiger partial charge is 0.125 e. The third-order valence-electron chi connectivity index (χ3n) is 3.51. The van der Waals surface area contributed by atoms with Crippen molar-refractivity contribution in [3.05, 3.63) is 58.6 Å². The van der Waals surface area contributed by atoms with E-state index in [-0.39, 0.29) is 6.04 Å². The molecule has 0 radical (unpaired) electrons. The zero-order chi connectivity index (χ0) is 14.7. The van der Waals surface area contributed by atoms with Gasteiger partial charge in [0.05, 0.1) is 6.61 Å². The summed E-state index contributed by atoms with van der Waals surface area (Å²) in [5.74, 6) is 1.88. The molecule has 0 amide bonds. The first-order chi connectivity index (χ1) is 10.2. The Bertz CT molecular complexity index is 618. The van der Waals surface area contributed by atoms with Gasteiger partial charge in [0.1, 0.15) is 5.75 Å². The van der Waals surface area contributed by atoms with Crippen molar-refractivity contribution < 1.29 is 4.74 Å². The number of hydrogen-bond donors (Lipinski definition) is 1. The molecule has 0 bridgehead atoms. The normalized spacial score (nSPS) is 14.6. The maximum Gasteiger partial charge on any atom is 0.125 e. The summed E-state index contributed by atoms with van der Waals surface area (Å²) in [5.41, 5.74) is 8.62. The lowest BCUT2D eigenvalue weighted by molar-refractivity contribution is 0.353. The van der Waals surface area contributed by atoms with Crippen molar-refractivity contribution in [2.24, 2.45) is 5.73 Å². The van der Waals surface area contributed by atoms with Crippen LogP contribution in [0.5, 0.6) is 5.75 Å². The minimum atomic E-state index is 0.0852. The van der Waals surface area contributed by atoms with Gasteiger partial charge in [-0.1, -0.05) is 29.8 Å². The summed E-state index contributed by atoms with van der Waals surface area (Å²) in [6, 6.07) is 14.4. The molecule has 0 saturated carbocycles. The highest BCUT2D eigenvalue weighted by atomic mass is 35.5. The van der Waals surface area contributed by atoms with Crippen LogP contribution in [0.15, 0.2) is 47.4 Å². The highest BCUT2D eigenvalue weighted by Crippen LogP contribution is 2.33. The highest BCUT2D eigenvalue weighted by Gasteiger charge is 2.19. The topological polar surface area (TPSA) is 35.2 Å². The predicted octanol–water partition coefficient (Wildman–Crippen LogP) is 3.94. The van der Waals surface area contributed by atoms with E-state index in [1.54, 1.807) is 11.8 Å². The van der Waals surface area contributed by atoms with Crippen molar-refractivity contribution >= 4 is 23.4 Å². The maximum atomic E-state index is 6.28. The van der Waals surface area contributed by atoms with Crippen molar-refractivity contribution in [2.75, 3.05) is 12.4 Å². The standard InChI is InChI=1S/C17H18ClNOS/c18-14-8-12-6-7-20-17(12)13(9-14)10-15(19)11-21-16-4-2-1-3-5-16/h1-5,8-9,15H,6-7,10-11,19H2. The van der Waals surface area contributed by atoms with Crippen LogP contribution in [0.4, 0.5) is 0 Å². The van der Waals surface area contributed by atoms with Gasteiger partial charge in [-0.2, -0.15) is 0 Å². The summed E-state index contributed by atoms with van der Waals surface area (Å²) < 4.78 is 5.73. The average Bonchev–Trinajstić information content (AvgIpc) is 2.94. The van der Waals surface area contributed by atoms with E-state index in [0.717, 1.165) is 41.5 Å². The zero-order valence-corrected chi connectivity index (χ0v) is 13.3. The summed E-state index contributed by atoms with van der Waals surface area (Å²) in [7, 11) is 0. The molecule has 0 spiro atoms. The van der Waals surface area contributed by atoms with Crippen LogP contribution in [0.3, 0.4) is 0 Å². The van der Waals surface area contributed by atoms with Gasteiger partial charge in [-0.25, -0.2) is 0 Å². The van der Waals surface area contributed by atoms with Gasteiger partial charge < -0.3 is 10.5 Å². The predicted molar refractivity (Wildman–Crippen MR) is 89.5 cm³/mol. The van der Waals surface area contributed by atoms with Crippen molar-refractivity contribution in [1.82, 2.24) is 0 Å². The lowest BCUT2D eigenvalue weighted by atomic mass is 10.0. The highest BCUT2D eigenvalue weighted by molar-refractivity contribution is 7.99. The average molecular weight is 320 g/mol. The van der Waals surface area contributed by atoms with Crippen molar-refractivity contribution in [3.8, 4) is 5.75 Å². The van der Waals surface area contributed by atoms with Gasteiger partial charge in [-0.3, -0.25) is 0 Å². The van der Waals surface area contributed by atoms with Gasteiger partial charge in [0.2, 0.25) is 0 Å². The summed E-state index contributed by atoms with van der Waals surface area (Å²) in [4.78, 5) is 1.25. The first kappa shape index (κ1) is 14.8. The second-order valence-corrected chi connectivity index (χ2v) is 6.77. The summed E-state index contributed by atoms with van der Waals surface area (Å²) in [5, 5.41) is 0.775. The largest absolute Gasteiger partial charge is 0.493 e. The molecule has 1 atom stereocenters. The molecule has 0 aromatic heterocycles. The molecule has 1 aliphatic heterocycles. The Morgan fingerprint density at radius 1 is 1.24 bits per heavy atom. The van der Waals surface area contributed by atoms with Gasteiger partial charge in [0.25, 0.3) is 0 Å². The van der Waals surface area contributed by atoms with Gasteiger partial charge >= 0.3 is 0 Å². The SMILES string of the molecule is NC(CSc1ccccc1)Cc1cc(Cl)cc2c1OCC2. The summed E-state index contributed by atoms with van der Waals surface area (Å²) in [6.45, 7) is 0.747. The molecule has 0 fully saturated rings. The monoisotopic (exact) mass is 319 g/mol. The van der Waals surface area contributed by atoms with E-state index in [1.165, 1.54) is 10.5 Å². The van der Waals surface area contributed by atoms with Gasteiger partial charge in [-0.15, -0.1) is 11.8 Å².